The van der Waals surface area contributed by atoms with Crippen molar-refractivity contribution in [3.05, 3.63) is 77.5 Å². The van der Waals surface area contributed by atoms with Gasteiger partial charge >= 0.3 is 11.9 Å². The summed E-state index contributed by atoms with van der Waals surface area (Å²) < 4.78 is 10.2. The number of hydrogen-bond donors (Lipinski definition) is 1. The summed E-state index contributed by atoms with van der Waals surface area (Å²) in [5.74, 6) is -0.682. The number of aryl methyl sites for hydroxylation is 1. The predicted octanol–water partition coefficient (Wildman–Crippen LogP) is 3.82. The lowest BCUT2D eigenvalue weighted by molar-refractivity contribution is -0.144. The molecule has 7 heteroatoms. The van der Waals surface area contributed by atoms with Gasteiger partial charge in [-0.05, 0) is 19.4 Å². The Balaban J connectivity index is 2.00. The van der Waals surface area contributed by atoms with E-state index in [0.29, 0.717) is 17.8 Å². The maximum Gasteiger partial charge on any atom is 0.341 e. The van der Waals surface area contributed by atoms with E-state index in [0.717, 1.165) is 11.1 Å². The van der Waals surface area contributed by atoms with E-state index >= 15 is 0 Å². The average molecular weight is 419 g/mol. The van der Waals surface area contributed by atoms with Crippen molar-refractivity contribution in [3.8, 4) is 11.3 Å². The highest BCUT2D eigenvalue weighted by Gasteiger charge is 2.25. The molecule has 2 aromatic carbocycles. The highest BCUT2D eigenvalue weighted by Crippen LogP contribution is 2.26. The van der Waals surface area contributed by atoms with E-state index in [1.807, 2.05) is 60.7 Å². The molecular formula is C24H25N3O4. The fraction of sp³-hybridized carbons (Fsp3) is 0.250. The summed E-state index contributed by atoms with van der Waals surface area (Å²) >= 11 is 0. The Hall–Kier alpha value is -3.74. The minimum absolute atomic E-state index is 0.234. The third-order valence-corrected chi connectivity index (χ3v) is 4.68. The van der Waals surface area contributed by atoms with Gasteiger partial charge in [-0.1, -0.05) is 60.7 Å². The minimum atomic E-state index is -0.686. The second kappa shape index (κ2) is 10.3. The molecule has 1 aromatic heterocycles. The van der Waals surface area contributed by atoms with Gasteiger partial charge in [0.15, 0.2) is 0 Å². The Labute approximate surface area is 181 Å². The van der Waals surface area contributed by atoms with Crippen molar-refractivity contribution in [2.45, 2.75) is 26.3 Å². The van der Waals surface area contributed by atoms with Crippen LogP contribution in [0.25, 0.3) is 11.3 Å². The van der Waals surface area contributed by atoms with Crippen molar-refractivity contribution in [1.82, 2.24) is 9.97 Å². The normalized spacial score (nSPS) is 11.5. The van der Waals surface area contributed by atoms with Crippen molar-refractivity contribution in [2.24, 2.45) is 0 Å². The highest BCUT2D eigenvalue weighted by atomic mass is 16.5. The van der Waals surface area contributed by atoms with E-state index in [2.05, 4.69) is 15.3 Å². The van der Waals surface area contributed by atoms with Crippen molar-refractivity contribution >= 4 is 17.9 Å². The molecule has 0 aliphatic carbocycles. The van der Waals surface area contributed by atoms with Crippen LogP contribution in [0.5, 0.6) is 0 Å². The van der Waals surface area contributed by atoms with Gasteiger partial charge < -0.3 is 14.8 Å². The molecule has 0 saturated heterocycles. The molecule has 1 atom stereocenters. The Morgan fingerprint density at radius 3 is 2.26 bits per heavy atom. The molecule has 0 amide bonds. The zero-order chi connectivity index (χ0) is 22.2. The fourth-order valence-corrected chi connectivity index (χ4v) is 3.23. The third kappa shape index (κ3) is 5.45. The van der Waals surface area contributed by atoms with E-state index in [1.165, 1.54) is 7.11 Å². The van der Waals surface area contributed by atoms with Crippen molar-refractivity contribution in [1.29, 1.82) is 0 Å². The maximum atomic E-state index is 12.6. The maximum absolute atomic E-state index is 12.6. The molecule has 3 aromatic rings. The number of benzene rings is 2. The Kier molecular flexibility index (Phi) is 7.32. The number of hydrogen-bond acceptors (Lipinski definition) is 7. The van der Waals surface area contributed by atoms with E-state index < -0.39 is 18.0 Å². The van der Waals surface area contributed by atoms with Crippen LogP contribution in [0.15, 0.2) is 60.7 Å². The Morgan fingerprint density at radius 2 is 1.65 bits per heavy atom. The summed E-state index contributed by atoms with van der Waals surface area (Å²) in [6.07, 6.45) is 0.404. The van der Waals surface area contributed by atoms with Crippen molar-refractivity contribution in [2.75, 3.05) is 19.0 Å². The first-order chi connectivity index (χ1) is 15.0. The zero-order valence-electron chi connectivity index (χ0n) is 17.8. The van der Waals surface area contributed by atoms with Crippen molar-refractivity contribution < 1.29 is 19.1 Å². The topological polar surface area (TPSA) is 90.4 Å². The van der Waals surface area contributed by atoms with E-state index in [4.69, 9.17) is 9.47 Å². The molecule has 0 bridgehead atoms. The third-order valence-electron chi connectivity index (χ3n) is 4.68. The molecule has 0 fully saturated rings. The SMILES string of the molecule is CCOC(=O)[C@H](Cc1ccccc1)Nc1nc(C)c(C(=O)OC)c(-c2ccccc2)n1. The summed E-state index contributed by atoms with van der Waals surface area (Å²) in [6, 6.07) is 18.2. The van der Waals surface area contributed by atoms with E-state index in [1.54, 1.807) is 13.8 Å². The molecule has 0 spiro atoms. The largest absolute Gasteiger partial charge is 0.465 e. The molecule has 31 heavy (non-hydrogen) atoms. The van der Waals surface area contributed by atoms with Crippen LogP contribution in [0.4, 0.5) is 5.95 Å². The molecule has 1 N–H and O–H groups in total. The number of methoxy groups -OCH3 is 1. The molecule has 0 radical (unpaired) electrons. The first-order valence-electron chi connectivity index (χ1n) is 10.0. The first-order valence-corrected chi connectivity index (χ1v) is 10.0. The van der Waals surface area contributed by atoms with Gasteiger partial charge in [0.05, 0.1) is 25.1 Å². The van der Waals surface area contributed by atoms with Crippen molar-refractivity contribution in [3.63, 3.8) is 0 Å². The van der Waals surface area contributed by atoms with Gasteiger partial charge in [-0.15, -0.1) is 0 Å². The van der Waals surface area contributed by atoms with Crippen LogP contribution >= 0.6 is 0 Å². The first kappa shape index (κ1) is 22.0. The van der Waals surface area contributed by atoms with E-state index in [9.17, 15) is 9.59 Å². The van der Waals surface area contributed by atoms with Gasteiger partial charge in [0.25, 0.3) is 0 Å². The van der Waals surface area contributed by atoms with Crippen LogP contribution in [0.1, 0.15) is 28.5 Å². The molecule has 1 heterocycles. The summed E-state index contributed by atoms with van der Waals surface area (Å²) in [7, 11) is 1.32. The van der Waals surface area contributed by atoms with Gasteiger partial charge in [0.1, 0.15) is 11.6 Å². The molecule has 0 aliphatic rings. The lowest BCUT2D eigenvalue weighted by Gasteiger charge is -2.19. The van der Waals surface area contributed by atoms with Gasteiger partial charge in [0, 0.05) is 12.0 Å². The molecule has 0 aliphatic heterocycles. The Morgan fingerprint density at radius 1 is 1.00 bits per heavy atom. The lowest BCUT2D eigenvalue weighted by Crippen LogP contribution is -2.34. The second-order valence-corrected chi connectivity index (χ2v) is 6.85. The van der Waals surface area contributed by atoms with Crippen LogP contribution in [0.2, 0.25) is 0 Å². The lowest BCUT2D eigenvalue weighted by atomic mass is 10.0. The quantitative estimate of drug-likeness (QED) is 0.555. The standard InChI is InChI=1S/C24H25N3O4/c1-4-31-22(28)19(15-17-11-7-5-8-12-17)26-24-25-16(2)20(23(29)30-3)21(27-24)18-13-9-6-10-14-18/h5-14,19H,4,15H2,1-3H3,(H,25,26,27)/t19-/m0/s1. The number of aromatic nitrogens is 2. The molecule has 160 valence electrons. The molecule has 3 rings (SSSR count). The molecule has 0 unspecified atom stereocenters. The number of nitrogens with one attached hydrogen (secondary N) is 1. The number of ether oxygens (including phenoxy) is 2. The smallest absolute Gasteiger partial charge is 0.341 e. The number of carbonyl (C=O) groups is 2. The minimum Gasteiger partial charge on any atom is -0.465 e. The highest BCUT2D eigenvalue weighted by molar-refractivity contribution is 5.97. The summed E-state index contributed by atoms with van der Waals surface area (Å²) in [4.78, 5) is 34.0. The average Bonchev–Trinajstić information content (AvgIpc) is 2.79. The summed E-state index contributed by atoms with van der Waals surface area (Å²) in [5, 5.41) is 3.10. The Bertz CT molecular complexity index is 1040. The number of esters is 2. The number of nitrogens with zero attached hydrogens (tertiary/aromatic N) is 2. The fourth-order valence-electron chi connectivity index (χ4n) is 3.23. The second-order valence-electron chi connectivity index (χ2n) is 6.85. The van der Waals surface area contributed by atoms with Crippen LogP contribution < -0.4 is 5.32 Å². The van der Waals surface area contributed by atoms with Crippen LogP contribution in [0.3, 0.4) is 0 Å². The summed E-state index contributed by atoms with van der Waals surface area (Å²) in [6.45, 7) is 3.74. The molecule has 0 saturated carbocycles. The van der Waals surface area contributed by atoms with Gasteiger partial charge in [-0.3, -0.25) is 0 Å². The van der Waals surface area contributed by atoms with Crippen LogP contribution in [0, 0.1) is 6.92 Å². The zero-order valence-corrected chi connectivity index (χ0v) is 17.8. The van der Waals surface area contributed by atoms with Crippen LogP contribution in [-0.2, 0) is 20.7 Å². The van der Waals surface area contributed by atoms with Gasteiger partial charge in [0.2, 0.25) is 5.95 Å². The molecular weight excluding hydrogens is 394 g/mol. The molecule has 7 nitrogen and oxygen atoms in total. The van der Waals surface area contributed by atoms with Crippen LogP contribution in [-0.4, -0.2) is 41.7 Å². The monoisotopic (exact) mass is 419 g/mol. The number of anilines is 1. The number of carbonyl (C=O) groups excluding carboxylic acids is 2. The summed E-state index contributed by atoms with van der Waals surface area (Å²) in [5.41, 5.74) is 2.89. The van der Waals surface area contributed by atoms with E-state index in [-0.39, 0.29) is 18.1 Å². The van der Waals surface area contributed by atoms with Gasteiger partial charge in [-0.2, -0.15) is 0 Å². The van der Waals surface area contributed by atoms with Gasteiger partial charge in [-0.25, -0.2) is 19.6 Å². The predicted molar refractivity (Wildman–Crippen MR) is 118 cm³/mol. The number of rotatable bonds is 8.